The summed E-state index contributed by atoms with van der Waals surface area (Å²) in [5, 5.41) is 3.13. The third-order valence-corrected chi connectivity index (χ3v) is 3.26. The summed E-state index contributed by atoms with van der Waals surface area (Å²) in [6.07, 6.45) is 2.05. The number of nitrogens with one attached hydrogen (secondary N) is 1. The van der Waals surface area contributed by atoms with E-state index >= 15 is 0 Å². The molecule has 0 rings (SSSR count). The first-order chi connectivity index (χ1) is 5.20. The van der Waals surface area contributed by atoms with E-state index in [0.29, 0.717) is 6.04 Å². The van der Waals surface area contributed by atoms with Crippen molar-refractivity contribution in [3.63, 3.8) is 0 Å². The molecular formula is C8H19NOS. The van der Waals surface area contributed by atoms with Gasteiger partial charge in [0.1, 0.15) is 0 Å². The summed E-state index contributed by atoms with van der Waals surface area (Å²) in [4.78, 5) is 0. The Morgan fingerprint density at radius 2 is 2.09 bits per heavy atom. The summed E-state index contributed by atoms with van der Waals surface area (Å²) >= 11 is 0. The van der Waals surface area contributed by atoms with Gasteiger partial charge >= 0.3 is 0 Å². The molecule has 0 bridgehead atoms. The third-order valence-electron chi connectivity index (χ3n) is 1.70. The zero-order valence-corrected chi connectivity index (χ0v) is 8.54. The third kappa shape index (κ3) is 6.51. The molecule has 0 aliphatic carbocycles. The Balaban J connectivity index is 3.30. The number of hydrogen-bond acceptors (Lipinski definition) is 2. The molecule has 0 aliphatic rings. The van der Waals surface area contributed by atoms with Gasteiger partial charge in [-0.2, -0.15) is 0 Å². The highest BCUT2D eigenvalue weighted by molar-refractivity contribution is 7.84. The van der Waals surface area contributed by atoms with Gasteiger partial charge in [0.15, 0.2) is 0 Å². The summed E-state index contributed by atoms with van der Waals surface area (Å²) in [5.41, 5.74) is 0. The maximum absolute atomic E-state index is 11.1. The van der Waals surface area contributed by atoms with E-state index < -0.39 is 10.8 Å². The minimum absolute atomic E-state index is 0.496. The molecule has 11 heavy (non-hydrogen) atoms. The van der Waals surface area contributed by atoms with Crippen LogP contribution in [0.4, 0.5) is 0 Å². The second-order valence-electron chi connectivity index (χ2n) is 2.83. The Hall–Kier alpha value is 0.110. The van der Waals surface area contributed by atoms with Gasteiger partial charge in [0, 0.05) is 28.3 Å². The Labute approximate surface area is 72.2 Å². The van der Waals surface area contributed by atoms with E-state index in [1.807, 2.05) is 7.05 Å². The van der Waals surface area contributed by atoms with Crippen LogP contribution in [0.2, 0.25) is 0 Å². The maximum Gasteiger partial charge on any atom is 0.0249 e. The van der Waals surface area contributed by atoms with Crippen LogP contribution in [0, 0.1) is 0 Å². The van der Waals surface area contributed by atoms with Gasteiger partial charge in [-0.25, -0.2) is 0 Å². The second kappa shape index (κ2) is 6.80. The lowest BCUT2D eigenvalue weighted by atomic mass is 10.3. The second-order valence-corrected chi connectivity index (χ2v) is 4.52. The molecule has 68 valence electrons. The van der Waals surface area contributed by atoms with Crippen LogP contribution < -0.4 is 5.32 Å². The zero-order chi connectivity index (χ0) is 8.69. The van der Waals surface area contributed by atoms with Gasteiger partial charge in [-0.15, -0.1) is 0 Å². The monoisotopic (exact) mass is 177 g/mol. The summed E-state index contributed by atoms with van der Waals surface area (Å²) < 4.78 is 11.1. The maximum atomic E-state index is 11.1. The quantitative estimate of drug-likeness (QED) is 0.659. The molecule has 1 N–H and O–H groups in total. The van der Waals surface area contributed by atoms with Crippen molar-refractivity contribution in [1.29, 1.82) is 0 Å². The van der Waals surface area contributed by atoms with Crippen LogP contribution in [-0.2, 0) is 10.8 Å². The molecule has 2 nitrogen and oxygen atoms in total. The topological polar surface area (TPSA) is 29.1 Å². The van der Waals surface area contributed by atoms with Crippen molar-refractivity contribution >= 4 is 10.8 Å². The lowest BCUT2D eigenvalue weighted by Gasteiger charge is -2.08. The summed E-state index contributed by atoms with van der Waals surface area (Å²) in [6, 6.07) is 0.496. The van der Waals surface area contributed by atoms with E-state index in [4.69, 9.17) is 0 Å². The summed E-state index contributed by atoms with van der Waals surface area (Å²) in [6.45, 7) is 4.18. The minimum atomic E-state index is -0.582. The Bertz CT molecular complexity index is 117. The minimum Gasteiger partial charge on any atom is -0.317 e. The molecule has 0 aliphatic heterocycles. The molecule has 0 amide bonds. The molecule has 0 radical (unpaired) electrons. The SMILES string of the molecule is CCCS(=O)CCC(C)NC. The van der Waals surface area contributed by atoms with Crippen LogP contribution >= 0.6 is 0 Å². The van der Waals surface area contributed by atoms with E-state index in [1.165, 1.54) is 0 Å². The van der Waals surface area contributed by atoms with Crippen LogP contribution in [0.5, 0.6) is 0 Å². The molecular weight excluding hydrogens is 158 g/mol. The van der Waals surface area contributed by atoms with Crippen molar-refractivity contribution in [2.24, 2.45) is 0 Å². The van der Waals surface area contributed by atoms with Gasteiger partial charge in [-0.1, -0.05) is 6.92 Å². The molecule has 0 spiro atoms. The van der Waals surface area contributed by atoms with E-state index in [1.54, 1.807) is 0 Å². The average molecular weight is 177 g/mol. The average Bonchev–Trinajstić information content (AvgIpc) is 2.01. The summed E-state index contributed by atoms with van der Waals surface area (Å²) in [7, 11) is 1.36. The molecule has 2 unspecified atom stereocenters. The van der Waals surface area contributed by atoms with Crippen molar-refractivity contribution in [2.75, 3.05) is 18.6 Å². The van der Waals surface area contributed by atoms with Crippen molar-refractivity contribution in [3.8, 4) is 0 Å². The highest BCUT2D eigenvalue weighted by Crippen LogP contribution is 1.94. The Kier molecular flexibility index (Phi) is 6.87. The molecule has 0 aromatic carbocycles. The predicted octanol–water partition coefficient (Wildman–Crippen LogP) is 1.14. The zero-order valence-electron chi connectivity index (χ0n) is 7.72. The van der Waals surface area contributed by atoms with Crippen LogP contribution in [0.25, 0.3) is 0 Å². The first-order valence-corrected chi connectivity index (χ1v) is 5.71. The molecule has 0 saturated carbocycles. The van der Waals surface area contributed by atoms with E-state index in [0.717, 1.165) is 24.3 Å². The fourth-order valence-corrected chi connectivity index (χ4v) is 2.06. The molecule has 3 heteroatoms. The van der Waals surface area contributed by atoms with Crippen molar-refractivity contribution < 1.29 is 4.21 Å². The predicted molar refractivity (Wildman–Crippen MR) is 51.3 cm³/mol. The fourth-order valence-electron chi connectivity index (χ4n) is 0.782. The smallest absolute Gasteiger partial charge is 0.0249 e. The molecule has 0 fully saturated rings. The Morgan fingerprint density at radius 3 is 2.55 bits per heavy atom. The van der Waals surface area contributed by atoms with Gasteiger partial charge in [0.05, 0.1) is 0 Å². The molecule has 0 saturated heterocycles. The molecule has 0 aromatic rings. The standard InChI is InChI=1S/C8H19NOS/c1-4-6-11(10)7-5-8(2)9-3/h8-9H,4-7H2,1-3H3. The van der Waals surface area contributed by atoms with Crippen molar-refractivity contribution in [3.05, 3.63) is 0 Å². The lowest BCUT2D eigenvalue weighted by molar-refractivity contribution is 0.591. The van der Waals surface area contributed by atoms with Crippen LogP contribution in [0.3, 0.4) is 0 Å². The highest BCUT2D eigenvalue weighted by Gasteiger charge is 2.01. The fraction of sp³-hybridized carbons (Fsp3) is 1.00. The van der Waals surface area contributed by atoms with Gasteiger partial charge in [0.2, 0.25) is 0 Å². The van der Waals surface area contributed by atoms with E-state index in [2.05, 4.69) is 19.2 Å². The summed E-state index contributed by atoms with van der Waals surface area (Å²) in [5.74, 6) is 1.70. The van der Waals surface area contributed by atoms with Gasteiger partial charge in [-0.3, -0.25) is 4.21 Å². The first-order valence-electron chi connectivity index (χ1n) is 4.23. The van der Waals surface area contributed by atoms with E-state index in [-0.39, 0.29) is 0 Å². The normalized spacial score (nSPS) is 16.3. The van der Waals surface area contributed by atoms with Crippen LogP contribution in [-0.4, -0.2) is 28.8 Å². The molecule has 0 heterocycles. The largest absolute Gasteiger partial charge is 0.317 e. The van der Waals surface area contributed by atoms with Crippen LogP contribution in [0.1, 0.15) is 26.7 Å². The van der Waals surface area contributed by atoms with Gasteiger partial charge in [0.25, 0.3) is 0 Å². The van der Waals surface area contributed by atoms with Crippen LogP contribution in [0.15, 0.2) is 0 Å². The first kappa shape index (κ1) is 11.1. The van der Waals surface area contributed by atoms with Crippen molar-refractivity contribution in [1.82, 2.24) is 5.32 Å². The van der Waals surface area contributed by atoms with Gasteiger partial charge < -0.3 is 5.32 Å². The number of hydrogen-bond donors (Lipinski definition) is 1. The lowest BCUT2D eigenvalue weighted by Crippen LogP contribution is -2.23. The Morgan fingerprint density at radius 1 is 1.45 bits per heavy atom. The van der Waals surface area contributed by atoms with E-state index in [9.17, 15) is 4.21 Å². The highest BCUT2D eigenvalue weighted by atomic mass is 32.2. The molecule has 2 atom stereocenters. The van der Waals surface area contributed by atoms with Crippen molar-refractivity contribution in [2.45, 2.75) is 32.7 Å². The number of rotatable bonds is 6. The molecule has 0 aromatic heterocycles. The van der Waals surface area contributed by atoms with Gasteiger partial charge in [-0.05, 0) is 26.8 Å².